The van der Waals surface area contributed by atoms with Crippen molar-refractivity contribution >= 4 is 50.3 Å². The van der Waals surface area contributed by atoms with Crippen molar-refractivity contribution in [3.05, 3.63) is 36.2 Å². The second-order valence-corrected chi connectivity index (χ2v) is 8.81. The highest BCUT2D eigenvalue weighted by Crippen LogP contribution is 2.27. The van der Waals surface area contributed by atoms with Crippen LogP contribution >= 0.6 is 23.1 Å². The maximum Gasteiger partial charge on any atom is 0.253 e. The second-order valence-electron chi connectivity index (χ2n) is 6.90. The van der Waals surface area contributed by atoms with Crippen molar-refractivity contribution in [2.45, 2.75) is 11.3 Å². The number of hydrogen-bond acceptors (Lipinski definition) is 9. The minimum absolute atomic E-state index is 0.0974. The number of benzene rings is 1. The zero-order valence-electron chi connectivity index (χ0n) is 16.9. The lowest BCUT2D eigenvalue weighted by molar-refractivity contribution is 0.0736. The number of rotatable bonds is 8. The van der Waals surface area contributed by atoms with Crippen LogP contribution in [0.2, 0.25) is 0 Å². The summed E-state index contributed by atoms with van der Waals surface area (Å²) in [6.07, 6.45) is 6.56. The van der Waals surface area contributed by atoms with Crippen LogP contribution in [0.15, 0.2) is 35.5 Å². The van der Waals surface area contributed by atoms with E-state index < -0.39 is 0 Å². The Hall–Kier alpha value is -2.43. The number of hydrogen-bond donors (Lipinski definition) is 3. The molecule has 4 rings (SSSR count). The number of nitrogens with one attached hydrogen (secondary N) is 3. The summed E-state index contributed by atoms with van der Waals surface area (Å²) in [4.78, 5) is 28.8. The first-order valence-electron chi connectivity index (χ1n) is 9.97. The predicted molar refractivity (Wildman–Crippen MR) is 124 cm³/mol. The largest absolute Gasteiger partial charge is 0.361 e. The molecule has 1 amide bonds. The van der Waals surface area contributed by atoms with E-state index in [9.17, 15) is 4.79 Å². The summed E-state index contributed by atoms with van der Waals surface area (Å²) in [6.45, 7) is 4.79. The monoisotopic (exact) mass is 443 g/mol. The molecular weight excluding hydrogens is 418 g/mol. The fraction of sp³-hybridized carbons (Fsp3) is 0.400. The molecule has 1 saturated heterocycles. The number of thiazole rings is 1. The van der Waals surface area contributed by atoms with Gasteiger partial charge in [-0.3, -0.25) is 4.79 Å². The molecule has 0 aliphatic carbocycles. The number of thioether (sulfide) groups is 1. The van der Waals surface area contributed by atoms with E-state index in [1.54, 1.807) is 23.1 Å². The van der Waals surface area contributed by atoms with Gasteiger partial charge in [-0.1, -0.05) is 11.3 Å². The summed E-state index contributed by atoms with van der Waals surface area (Å²) in [5, 5.41) is 10.7. The Morgan fingerprint density at radius 1 is 1.20 bits per heavy atom. The molecule has 0 bridgehead atoms. The van der Waals surface area contributed by atoms with Crippen LogP contribution < -0.4 is 16.0 Å². The summed E-state index contributed by atoms with van der Waals surface area (Å²) < 4.78 is 1.03. The van der Waals surface area contributed by atoms with E-state index in [1.807, 2.05) is 41.7 Å². The Bertz CT molecular complexity index is 986. The lowest BCUT2D eigenvalue weighted by Gasteiger charge is -2.27. The quantitative estimate of drug-likeness (QED) is 0.361. The molecular formula is C20H25N7OS2. The molecule has 3 N–H and O–H groups in total. The van der Waals surface area contributed by atoms with Crippen molar-refractivity contribution in [2.75, 3.05) is 56.2 Å². The van der Waals surface area contributed by atoms with Gasteiger partial charge in [-0.05, 0) is 30.9 Å². The normalized spacial score (nSPS) is 14.1. The van der Waals surface area contributed by atoms with Crippen LogP contribution in [0.5, 0.6) is 0 Å². The molecule has 30 heavy (non-hydrogen) atoms. The van der Waals surface area contributed by atoms with Gasteiger partial charge in [-0.2, -0.15) is 0 Å². The van der Waals surface area contributed by atoms with Crippen molar-refractivity contribution in [3.63, 3.8) is 0 Å². The van der Waals surface area contributed by atoms with E-state index in [0.717, 1.165) is 71.5 Å². The van der Waals surface area contributed by atoms with E-state index in [-0.39, 0.29) is 5.91 Å². The Balaban J connectivity index is 1.27. The average Bonchev–Trinajstić information content (AvgIpc) is 3.21. The highest BCUT2D eigenvalue weighted by atomic mass is 32.2. The molecule has 1 fully saturated rings. The third-order valence-corrected chi connectivity index (χ3v) is 6.47. The molecule has 3 aromatic rings. The molecule has 3 heterocycles. The summed E-state index contributed by atoms with van der Waals surface area (Å²) >= 11 is 3.21. The molecule has 0 atom stereocenters. The van der Waals surface area contributed by atoms with Crippen LogP contribution in [-0.2, 0) is 0 Å². The first kappa shape index (κ1) is 20.8. The Morgan fingerprint density at radius 3 is 2.73 bits per heavy atom. The summed E-state index contributed by atoms with van der Waals surface area (Å²) in [7, 11) is 0. The zero-order chi connectivity index (χ0) is 20.8. The van der Waals surface area contributed by atoms with Crippen molar-refractivity contribution in [2.24, 2.45) is 0 Å². The van der Waals surface area contributed by atoms with Crippen LogP contribution in [0.1, 0.15) is 16.8 Å². The molecule has 0 radical (unpaired) electrons. The van der Waals surface area contributed by atoms with Gasteiger partial charge < -0.3 is 20.9 Å². The van der Waals surface area contributed by atoms with Crippen molar-refractivity contribution in [1.29, 1.82) is 0 Å². The van der Waals surface area contributed by atoms with Gasteiger partial charge in [0.25, 0.3) is 5.91 Å². The van der Waals surface area contributed by atoms with E-state index in [4.69, 9.17) is 0 Å². The lowest BCUT2D eigenvalue weighted by Crippen LogP contribution is -2.46. The Labute approximate surface area is 183 Å². The molecule has 1 aliphatic rings. The van der Waals surface area contributed by atoms with E-state index in [2.05, 4.69) is 30.9 Å². The van der Waals surface area contributed by atoms with Crippen LogP contribution in [0.25, 0.3) is 10.2 Å². The van der Waals surface area contributed by atoms with Crippen molar-refractivity contribution in [1.82, 2.24) is 25.2 Å². The van der Waals surface area contributed by atoms with Gasteiger partial charge in [0.2, 0.25) is 5.95 Å². The van der Waals surface area contributed by atoms with Crippen molar-refractivity contribution < 1.29 is 4.79 Å². The number of carbonyl (C=O) groups is 1. The number of carbonyl (C=O) groups excluding carboxylic acids is 1. The summed E-state index contributed by atoms with van der Waals surface area (Å²) in [5.41, 5.74) is 1.65. The molecule has 0 saturated carbocycles. The fourth-order valence-electron chi connectivity index (χ4n) is 3.18. The molecule has 158 valence electrons. The summed E-state index contributed by atoms with van der Waals surface area (Å²) in [5.74, 6) is 0.745. The topological polar surface area (TPSA) is 95.1 Å². The third kappa shape index (κ3) is 5.18. The molecule has 8 nitrogen and oxygen atoms in total. The first-order chi connectivity index (χ1) is 14.7. The minimum atomic E-state index is 0.0974. The van der Waals surface area contributed by atoms with Crippen molar-refractivity contribution in [3.8, 4) is 0 Å². The number of aromatic nitrogens is 3. The fourth-order valence-corrected chi connectivity index (χ4v) is 4.43. The number of piperazine rings is 1. The number of fused-ring (bicyclic) bond motifs is 1. The number of amides is 1. The molecule has 0 spiro atoms. The smallest absolute Gasteiger partial charge is 0.253 e. The number of nitrogens with zero attached hydrogens (tertiary/aromatic N) is 4. The predicted octanol–water partition coefficient (Wildman–Crippen LogP) is 2.77. The maximum atomic E-state index is 12.7. The first-order valence-corrected chi connectivity index (χ1v) is 12.0. The zero-order valence-corrected chi connectivity index (χ0v) is 18.5. The van der Waals surface area contributed by atoms with Gasteiger partial charge in [0, 0.05) is 62.1 Å². The highest BCUT2D eigenvalue weighted by molar-refractivity contribution is 7.98. The van der Waals surface area contributed by atoms with Crippen LogP contribution in [-0.4, -0.2) is 71.3 Å². The molecule has 10 heteroatoms. The van der Waals surface area contributed by atoms with Gasteiger partial charge in [-0.15, -0.1) is 11.8 Å². The van der Waals surface area contributed by atoms with E-state index in [0.29, 0.717) is 5.95 Å². The second kappa shape index (κ2) is 10.1. The lowest BCUT2D eigenvalue weighted by atomic mass is 10.2. The summed E-state index contributed by atoms with van der Waals surface area (Å²) in [6, 6.07) is 5.77. The maximum absolute atomic E-state index is 12.7. The molecule has 0 unspecified atom stereocenters. The van der Waals surface area contributed by atoms with Gasteiger partial charge in [-0.25, -0.2) is 15.0 Å². The van der Waals surface area contributed by atoms with Crippen LogP contribution in [0.4, 0.5) is 11.1 Å². The van der Waals surface area contributed by atoms with Gasteiger partial charge >= 0.3 is 0 Å². The van der Waals surface area contributed by atoms with E-state index in [1.165, 1.54) is 0 Å². The Kier molecular flexibility index (Phi) is 6.98. The van der Waals surface area contributed by atoms with Gasteiger partial charge in [0.05, 0.1) is 10.2 Å². The van der Waals surface area contributed by atoms with Crippen LogP contribution in [0.3, 0.4) is 0 Å². The Morgan fingerprint density at radius 2 is 1.97 bits per heavy atom. The molecule has 2 aromatic heterocycles. The van der Waals surface area contributed by atoms with Crippen LogP contribution in [0, 0.1) is 0 Å². The third-order valence-electron chi connectivity index (χ3n) is 4.82. The average molecular weight is 444 g/mol. The standard InChI is InChI=1S/C20H25N7OS2/c1-29-15-12-24-19(25-13-15)22-5-2-6-23-20-26-16-4-3-14(11-17(16)30-20)18(28)27-9-7-21-8-10-27/h3-4,11-13,21H,2,5-10H2,1H3,(H,23,26)(H,22,24,25). The number of anilines is 2. The molecule has 1 aliphatic heterocycles. The van der Waals surface area contributed by atoms with Gasteiger partial charge in [0.15, 0.2) is 5.13 Å². The minimum Gasteiger partial charge on any atom is -0.361 e. The molecule has 1 aromatic carbocycles. The SMILES string of the molecule is CSc1cnc(NCCCNc2nc3ccc(C(=O)N4CCNCC4)cc3s2)nc1. The van der Waals surface area contributed by atoms with E-state index >= 15 is 0 Å². The van der Waals surface area contributed by atoms with Gasteiger partial charge in [0.1, 0.15) is 0 Å². The highest BCUT2D eigenvalue weighted by Gasteiger charge is 2.18.